The minimum absolute atomic E-state index is 0.0930. The third-order valence-electron chi connectivity index (χ3n) is 4.39. The van der Waals surface area contributed by atoms with Crippen molar-refractivity contribution in [2.75, 3.05) is 0 Å². The highest BCUT2D eigenvalue weighted by atomic mass is 19.1. The lowest BCUT2D eigenvalue weighted by Crippen LogP contribution is -2.47. The second-order valence-corrected chi connectivity index (χ2v) is 6.18. The van der Waals surface area contributed by atoms with Crippen molar-refractivity contribution in [3.8, 4) is 11.3 Å². The molecule has 1 aromatic heterocycles. The van der Waals surface area contributed by atoms with E-state index in [-0.39, 0.29) is 18.0 Å². The first-order valence-electron chi connectivity index (χ1n) is 7.88. The maximum Gasteiger partial charge on any atom is 0.305 e. The number of hydrogen-bond acceptors (Lipinski definition) is 3. The van der Waals surface area contributed by atoms with Gasteiger partial charge >= 0.3 is 5.97 Å². The minimum Gasteiger partial charge on any atom is -0.481 e. The molecule has 1 amide bonds. The third kappa shape index (κ3) is 3.48. The zero-order valence-electron chi connectivity index (χ0n) is 13.0. The Kier molecular flexibility index (Phi) is 4.38. The molecule has 1 aromatic carbocycles. The number of carboxylic acid groups (broad SMARTS) is 1. The van der Waals surface area contributed by atoms with Gasteiger partial charge in [-0.15, -0.1) is 0 Å². The molecule has 0 radical (unpaired) electrons. The van der Waals surface area contributed by atoms with E-state index >= 15 is 0 Å². The molecule has 1 aliphatic rings. The largest absolute Gasteiger partial charge is 0.481 e. The van der Waals surface area contributed by atoms with Crippen molar-refractivity contribution in [2.45, 2.75) is 37.6 Å². The summed E-state index contributed by atoms with van der Waals surface area (Å²) in [6.45, 7) is 0. The van der Waals surface area contributed by atoms with Crippen LogP contribution in [0.4, 0.5) is 4.39 Å². The van der Waals surface area contributed by atoms with E-state index in [2.05, 4.69) is 5.32 Å². The van der Waals surface area contributed by atoms with Crippen LogP contribution in [0.3, 0.4) is 0 Å². The lowest BCUT2D eigenvalue weighted by atomic mass is 9.93. The molecule has 2 aromatic rings. The van der Waals surface area contributed by atoms with Gasteiger partial charge < -0.3 is 14.8 Å². The molecule has 1 saturated carbocycles. The van der Waals surface area contributed by atoms with Crippen LogP contribution in [0, 0.1) is 5.82 Å². The van der Waals surface area contributed by atoms with E-state index in [1.807, 2.05) is 0 Å². The van der Waals surface area contributed by atoms with Crippen LogP contribution >= 0.6 is 0 Å². The lowest BCUT2D eigenvalue weighted by molar-refractivity contribution is -0.138. The maximum atomic E-state index is 13.0. The Morgan fingerprint density at radius 3 is 2.42 bits per heavy atom. The molecular formula is C18H18FNO4. The molecule has 1 aliphatic carbocycles. The molecule has 126 valence electrons. The van der Waals surface area contributed by atoms with Crippen molar-refractivity contribution in [1.29, 1.82) is 0 Å². The van der Waals surface area contributed by atoms with Gasteiger partial charge in [-0.1, -0.05) is 12.8 Å². The summed E-state index contributed by atoms with van der Waals surface area (Å²) in [4.78, 5) is 23.5. The number of furan rings is 1. The van der Waals surface area contributed by atoms with E-state index < -0.39 is 17.4 Å². The second-order valence-electron chi connectivity index (χ2n) is 6.18. The van der Waals surface area contributed by atoms with E-state index in [1.54, 1.807) is 18.2 Å². The lowest BCUT2D eigenvalue weighted by Gasteiger charge is -2.28. The zero-order valence-corrected chi connectivity index (χ0v) is 13.0. The predicted octanol–water partition coefficient (Wildman–Crippen LogP) is 3.60. The van der Waals surface area contributed by atoms with Gasteiger partial charge in [0.2, 0.25) is 0 Å². The summed E-state index contributed by atoms with van der Waals surface area (Å²) >= 11 is 0. The Bertz CT molecular complexity index is 745. The number of aliphatic carboxylic acids is 1. The fourth-order valence-corrected chi connectivity index (χ4v) is 3.22. The molecule has 0 unspecified atom stereocenters. The minimum atomic E-state index is -0.927. The van der Waals surface area contributed by atoms with E-state index in [1.165, 1.54) is 18.2 Å². The number of hydrogen-bond donors (Lipinski definition) is 2. The number of rotatable bonds is 5. The molecule has 1 fully saturated rings. The van der Waals surface area contributed by atoms with E-state index in [0.29, 0.717) is 24.2 Å². The molecule has 6 heteroatoms. The average molecular weight is 331 g/mol. The molecule has 0 spiro atoms. The summed E-state index contributed by atoms with van der Waals surface area (Å²) in [5.41, 5.74) is -0.0391. The Labute approximate surface area is 138 Å². The Morgan fingerprint density at radius 2 is 1.79 bits per heavy atom. The summed E-state index contributed by atoms with van der Waals surface area (Å²) in [5.74, 6) is -1.12. The van der Waals surface area contributed by atoms with E-state index in [0.717, 1.165) is 12.8 Å². The molecule has 2 N–H and O–H groups in total. The second kappa shape index (κ2) is 6.47. The topological polar surface area (TPSA) is 79.5 Å². The van der Waals surface area contributed by atoms with Crippen molar-refractivity contribution in [3.05, 3.63) is 48.0 Å². The SMILES string of the molecule is O=C(O)CC1(NC(=O)c2ccc(-c3ccc(F)cc3)o2)CCCC1. The molecule has 0 bridgehead atoms. The Balaban J connectivity index is 1.75. The van der Waals surface area contributed by atoms with Crippen LogP contribution in [0.15, 0.2) is 40.8 Å². The van der Waals surface area contributed by atoms with Gasteiger partial charge in [-0.05, 0) is 49.2 Å². The number of amides is 1. The summed E-state index contributed by atoms with van der Waals surface area (Å²) in [7, 11) is 0. The quantitative estimate of drug-likeness (QED) is 0.877. The van der Waals surface area contributed by atoms with Gasteiger partial charge in [0.05, 0.1) is 12.0 Å². The summed E-state index contributed by atoms with van der Waals surface area (Å²) < 4.78 is 18.5. The van der Waals surface area contributed by atoms with E-state index in [4.69, 9.17) is 9.52 Å². The van der Waals surface area contributed by atoms with Gasteiger partial charge in [-0.25, -0.2) is 4.39 Å². The normalized spacial score (nSPS) is 16.0. The average Bonchev–Trinajstić information content (AvgIpc) is 3.17. The highest BCUT2D eigenvalue weighted by Gasteiger charge is 2.38. The van der Waals surface area contributed by atoms with Gasteiger partial charge in [0.25, 0.3) is 5.91 Å². The summed E-state index contributed by atoms with van der Waals surface area (Å²) in [6, 6.07) is 8.95. The molecule has 1 heterocycles. The van der Waals surface area contributed by atoms with Crippen molar-refractivity contribution in [3.63, 3.8) is 0 Å². The van der Waals surface area contributed by atoms with Gasteiger partial charge in [0.1, 0.15) is 11.6 Å². The monoisotopic (exact) mass is 331 g/mol. The fraction of sp³-hybridized carbons (Fsp3) is 0.333. The van der Waals surface area contributed by atoms with Crippen molar-refractivity contribution < 1.29 is 23.5 Å². The Morgan fingerprint density at radius 1 is 1.12 bits per heavy atom. The number of halogens is 1. The number of carboxylic acids is 1. The maximum absolute atomic E-state index is 13.0. The predicted molar refractivity (Wildman–Crippen MR) is 85.0 cm³/mol. The van der Waals surface area contributed by atoms with Crippen LogP contribution in [-0.2, 0) is 4.79 Å². The van der Waals surface area contributed by atoms with Gasteiger partial charge in [0, 0.05) is 5.56 Å². The van der Waals surface area contributed by atoms with Crippen LogP contribution in [0.5, 0.6) is 0 Å². The molecular weight excluding hydrogens is 313 g/mol. The van der Waals surface area contributed by atoms with Crippen molar-refractivity contribution in [1.82, 2.24) is 5.32 Å². The third-order valence-corrected chi connectivity index (χ3v) is 4.39. The highest BCUT2D eigenvalue weighted by molar-refractivity contribution is 5.93. The van der Waals surface area contributed by atoms with Gasteiger partial charge in [-0.3, -0.25) is 9.59 Å². The first kappa shape index (κ1) is 16.2. The molecule has 24 heavy (non-hydrogen) atoms. The van der Waals surface area contributed by atoms with Crippen LogP contribution in [0.1, 0.15) is 42.7 Å². The number of benzene rings is 1. The van der Waals surface area contributed by atoms with Gasteiger partial charge in [0.15, 0.2) is 5.76 Å². The first-order valence-corrected chi connectivity index (χ1v) is 7.88. The standard InChI is InChI=1S/C18H18FNO4/c19-13-5-3-12(4-6-13)14-7-8-15(24-14)17(23)20-18(11-16(21)22)9-1-2-10-18/h3-8H,1-2,9-11H2,(H,20,23)(H,21,22). The fourth-order valence-electron chi connectivity index (χ4n) is 3.22. The van der Waals surface area contributed by atoms with Crippen LogP contribution in [0.25, 0.3) is 11.3 Å². The highest BCUT2D eigenvalue weighted by Crippen LogP contribution is 2.33. The van der Waals surface area contributed by atoms with Crippen molar-refractivity contribution >= 4 is 11.9 Å². The smallest absolute Gasteiger partial charge is 0.305 e. The first-order chi connectivity index (χ1) is 11.5. The molecule has 0 atom stereocenters. The molecule has 0 aliphatic heterocycles. The summed E-state index contributed by atoms with van der Waals surface area (Å²) in [5, 5.41) is 11.9. The van der Waals surface area contributed by atoms with E-state index in [9.17, 15) is 14.0 Å². The Hall–Kier alpha value is -2.63. The van der Waals surface area contributed by atoms with Gasteiger partial charge in [-0.2, -0.15) is 0 Å². The molecule has 0 saturated heterocycles. The summed E-state index contributed by atoms with van der Waals surface area (Å²) in [6.07, 6.45) is 3.00. The van der Waals surface area contributed by atoms with Crippen molar-refractivity contribution in [2.24, 2.45) is 0 Å². The molecule has 3 rings (SSSR count). The number of nitrogens with one attached hydrogen (secondary N) is 1. The number of carbonyl (C=O) groups excluding carboxylic acids is 1. The number of carbonyl (C=O) groups is 2. The molecule has 5 nitrogen and oxygen atoms in total. The zero-order chi connectivity index (χ0) is 17.2. The van der Waals surface area contributed by atoms with Crippen LogP contribution in [0.2, 0.25) is 0 Å². The van der Waals surface area contributed by atoms with Crippen LogP contribution < -0.4 is 5.32 Å². The van der Waals surface area contributed by atoms with Crippen LogP contribution in [-0.4, -0.2) is 22.5 Å².